The summed E-state index contributed by atoms with van der Waals surface area (Å²) in [7, 11) is 0. The van der Waals surface area contributed by atoms with Crippen molar-refractivity contribution in [2.24, 2.45) is 0 Å². The van der Waals surface area contributed by atoms with E-state index in [4.69, 9.17) is 0 Å². The molecule has 0 spiro atoms. The average molecular weight is 206 g/mol. The molecule has 3 nitrogen and oxygen atoms in total. The van der Waals surface area contributed by atoms with Crippen LogP contribution in [0.5, 0.6) is 0 Å². The minimum absolute atomic E-state index is 0.0805. The highest BCUT2D eigenvalue weighted by atomic mass is 16.1. The lowest BCUT2D eigenvalue weighted by molar-refractivity contribution is 0.489. The van der Waals surface area contributed by atoms with Crippen LogP contribution in [0.4, 0.5) is 0 Å². The lowest BCUT2D eigenvalue weighted by Gasteiger charge is -2.12. The number of hydrogen-bond acceptors (Lipinski definition) is 2. The smallest absolute Gasteiger partial charge is 0.267 e. The van der Waals surface area contributed by atoms with Gasteiger partial charge in [-0.25, -0.2) is 4.68 Å². The number of aryl methyl sites for hydroxylation is 1. The summed E-state index contributed by atoms with van der Waals surface area (Å²) in [4.78, 5) is 11.9. The van der Waals surface area contributed by atoms with Crippen molar-refractivity contribution in [2.75, 3.05) is 0 Å². The van der Waals surface area contributed by atoms with Crippen LogP contribution in [0.25, 0.3) is 0 Å². The summed E-state index contributed by atoms with van der Waals surface area (Å²) in [5, 5.41) is 4.45. The molecule has 1 saturated carbocycles. The SMILES string of the molecule is CCc1cc(C2CC2)nn(C(C)C)c1=O. The minimum atomic E-state index is 0.0805. The van der Waals surface area contributed by atoms with Gasteiger partial charge in [0.15, 0.2) is 0 Å². The van der Waals surface area contributed by atoms with E-state index >= 15 is 0 Å². The highest BCUT2D eigenvalue weighted by Gasteiger charge is 2.26. The van der Waals surface area contributed by atoms with Crippen molar-refractivity contribution in [2.45, 2.75) is 52.0 Å². The second-order valence-corrected chi connectivity index (χ2v) is 4.57. The van der Waals surface area contributed by atoms with Gasteiger partial charge in [0.1, 0.15) is 0 Å². The average Bonchev–Trinajstić information content (AvgIpc) is 3.01. The number of aromatic nitrogens is 2. The number of nitrogens with zero attached hydrogens (tertiary/aromatic N) is 2. The Balaban J connectivity index is 2.52. The lowest BCUT2D eigenvalue weighted by Crippen LogP contribution is -2.28. The molecular weight excluding hydrogens is 188 g/mol. The molecule has 0 atom stereocenters. The first kappa shape index (κ1) is 10.4. The van der Waals surface area contributed by atoms with Crippen molar-refractivity contribution in [1.82, 2.24) is 9.78 Å². The Hall–Kier alpha value is -1.12. The summed E-state index contributed by atoms with van der Waals surface area (Å²) in [6.45, 7) is 6.03. The zero-order valence-corrected chi connectivity index (χ0v) is 9.66. The van der Waals surface area contributed by atoms with E-state index in [9.17, 15) is 4.79 Å². The van der Waals surface area contributed by atoms with Crippen LogP contribution >= 0.6 is 0 Å². The van der Waals surface area contributed by atoms with E-state index in [2.05, 4.69) is 5.10 Å². The molecule has 0 aromatic carbocycles. The summed E-state index contributed by atoms with van der Waals surface area (Å²) in [6, 6.07) is 2.15. The summed E-state index contributed by atoms with van der Waals surface area (Å²) >= 11 is 0. The molecule has 1 aliphatic carbocycles. The third-order valence-corrected chi connectivity index (χ3v) is 2.89. The summed E-state index contributed by atoms with van der Waals surface area (Å²) in [6.07, 6.45) is 3.26. The standard InChI is InChI=1S/C12H18N2O/c1-4-9-7-11(10-5-6-10)13-14(8(2)3)12(9)15/h7-8,10H,4-6H2,1-3H3. The van der Waals surface area contributed by atoms with E-state index in [1.165, 1.54) is 12.8 Å². The number of hydrogen-bond donors (Lipinski definition) is 0. The number of rotatable bonds is 3. The Morgan fingerprint density at radius 1 is 1.53 bits per heavy atom. The van der Waals surface area contributed by atoms with Crippen LogP contribution in [0.3, 0.4) is 0 Å². The molecule has 0 unspecified atom stereocenters. The Kier molecular flexibility index (Phi) is 2.63. The van der Waals surface area contributed by atoms with Crippen molar-refractivity contribution >= 4 is 0 Å². The zero-order valence-electron chi connectivity index (χ0n) is 9.66. The quantitative estimate of drug-likeness (QED) is 0.760. The zero-order chi connectivity index (χ0) is 11.0. The van der Waals surface area contributed by atoms with Gasteiger partial charge in [-0.3, -0.25) is 4.79 Å². The molecule has 0 aliphatic heterocycles. The molecule has 3 heteroatoms. The molecule has 15 heavy (non-hydrogen) atoms. The van der Waals surface area contributed by atoms with Crippen LogP contribution in [0, 0.1) is 0 Å². The minimum Gasteiger partial charge on any atom is -0.267 e. The summed E-state index contributed by atoms with van der Waals surface area (Å²) < 4.78 is 1.63. The highest BCUT2D eigenvalue weighted by molar-refractivity contribution is 5.20. The van der Waals surface area contributed by atoms with Crippen molar-refractivity contribution < 1.29 is 0 Å². The van der Waals surface area contributed by atoms with Crippen LogP contribution in [0.15, 0.2) is 10.9 Å². The van der Waals surface area contributed by atoms with Gasteiger partial charge < -0.3 is 0 Å². The van der Waals surface area contributed by atoms with Gasteiger partial charge in [0.05, 0.1) is 11.7 Å². The van der Waals surface area contributed by atoms with Gasteiger partial charge in [0.2, 0.25) is 0 Å². The van der Waals surface area contributed by atoms with E-state index in [1.54, 1.807) is 4.68 Å². The van der Waals surface area contributed by atoms with Crippen LogP contribution in [0.1, 0.15) is 56.8 Å². The van der Waals surface area contributed by atoms with Crippen LogP contribution in [0.2, 0.25) is 0 Å². The summed E-state index contributed by atoms with van der Waals surface area (Å²) in [5.41, 5.74) is 2.10. The monoisotopic (exact) mass is 206 g/mol. The molecule has 0 N–H and O–H groups in total. The molecule has 0 bridgehead atoms. The topological polar surface area (TPSA) is 34.9 Å². The first-order valence-electron chi connectivity index (χ1n) is 5.76. The van der Waals surface area contributed by atoms with Gasteiger partial charge in [0, 0.05) is 11.5 Å². The lowest BCUT2D eigenvalue weighted by atomic mass is 10.1. The predicted octanol–water partition coefficient (Wildman–Crippen LogP) is 2.26. The van der Waals surface area contributed by atoms with Crippen LogP contribution < -0.4 is 5.56 Å². The Morgan fingerprint density at radius 3 is 2.67 bits per heavy atom. The van der Waals surface area contributed by atoms with E-state index < -0.39 is 0 Å². The van der Waals surface area contributed by atoms with Crippen molar-refractivity contribution in [3.05, 3.63) is 27.7 Å². The van der Waals surface area contributed by atoms with Gasteiger partial charge in [-0.15, -0.1) is 0 Å². The van der Waals surface area contributed by atoms with E-state index in [0.717, 1.165) is 17.7 Å². The summed E-state index contributed by atoms with van der Waals surface area (Å²) in [5.74, 6) is 0.612. The molecule has 0 radical (unpaired) electrons. The second kappa shape index (κ2) is 3.80. The predicted molar refractivity (Wildman–Crippen MR) is 60.2 cm³/mol. The molecule has 1 heterocycles. The third kappa shape index (κ3) is 1.96. The van der Waals surface area contributed by atoms with Crippen molar-refractivity contribution in [3.63, 3.8) is 0 Å². The van der Waals surface area contributed by atoms with Gasteiger partial charge in [-0.2, -0.15) is 5.10 Å². The maximum Gasteiger partial charge on any atom is 0.270 e. The fourth-order valence-electron chi connectivity index (χ4n) is 1.77. The molecule has 0 saturated heterocycles. The second-order valence-electron chi connectivity index (χ2n) is 4.57. The molecule has 2 rings (SSSR count). The Bertz CT molecular complexity index is 416. The normalized spacial score (nSPS) is 16.0. The molecule has 1 aromatic heterocycles. The molecular formula is C12H18N2O. The Labute approximate surface area is 90.1 Å². The van der Waals surface area contributed by atoms with Crippen molar-refractivity contribution in [1.29, 1.82) is 0 Å². The largest absolute Gasteiger partial charge is 0.270 e. The Morgan fingerprint density at radius 2 is 2.20 bits per heavy atom. The van der Waals surface area contributed by atoms with E-state index in [1.807, 2.05) is 26.8 Å². The van der Waals surface area contributed by atoms with Gasteiger partial charge in [0.25, 0.3) is 5.56 Å². The van der Waals surface area contributed by atoms with Crippen LogP contribution in [-0.4, -0.2) is 9.78 Å². The van der Waals surface area contributed by atoms with Crippen LogP contribution in [-0.2, 0) is 6.42 Å². The molecule has 82 valence electrons. The molecule has 0 amide bonds. The molecule has 1 aromatic rings. The fourth-order valence-corrected chi connectivity index (χ4v) is 1.77. The molecule has 1 fully saturated rings. The highest BCUT2D eigenvalue weighted by Crippen LogP contribution is 2.38. The van der Waals surface area contributed by atoms with E-state index in [-0.39, 0.29) is 11.6 Å². The van der Waals surface area contributed by atoms with Crippen molar-refractivity contribution in [3.8, 4) is 0 Å². The molecule has 1 aliphatic rings. The first-order valence-corrected chi connectivity index (χ1v) is 5.76. The van der Waals surface area contributed by atoms with Gasteiger partial charge >= 0.3 is 0 Å². The fraction of sp³-hybridized carbons (Fsp3) is 0.667. The maximum absolute atomic E-state index is 11.9. The van der Waals surface area contributed by atoms with E-state index in [0.29, 0.717) is 5.92 Å². The van der Waals surface area contributed by atoms with Gasteiger partial charge in [-0.1, -0.05) is 6.92 Å². The maximum atomic E-state index is 11.9. The van der Waals surface area contributed by atoms with Gasteiger partial charge in [-0.05, 0) is 39.2 Å². The third-order valence-electron chi connectivity index (χ3n) is 2.89. The first-order chi connectivity index (χ1) is 7.13.